The van der Waals surface area contributed by atoms with E-state index in [1.807, 2.05) is 20.8 Å². The first-order valence-corrected chi connectivity index (χ1v) is 7.27. The van der Waals surface area contributed by atoms with E-state index in [0.29, 0.717) is 31.8 Å². The number of halogens is 1. The third kappa shape index (κ3) is 2.96. The fraction of sp³-hybridized carbons (Fsp3) is 0.769. The standard InChI is InChI=1S/C13H21ClN4O2/c1-8(2)13(20)7-18(6-9(13)3)11(19)5-4-10-15-12(14)17-16-10/h8-9,20H,4-7H2,1-3H3,(H,15,16,17)/t9-,13-/m0/s1. The number of nitrogens with one attached hydrogen (secondary N) is 1. The van der Waals surface area contributed by atoms with Gasteiger partial charge in [0, 0.05) is 31.8 Å². The molecule has 1 saturated heterocycles. The lowest BCUT2D eigenvalue weighted by atomic mass is 9.82. The van der Waals surface area contributed by atoms with E-state index < -0.39 is 5.60 Å². The Kier molecular flexibility index (Phi) is 4.34. The van der Waals surface area contributed by atoms with Crippen LogP contribution in [-0.4, -0.2) is 49.8 Å². The van der Waals surface area contributed by atoms with Gasteiger partial charge < -0.3 is 10.0 Å². The molecule has 0 aromatic carbocycles. The zero-order chi connectivity index (χ0) is 14.9. The lowest BCUT2D eigenvalue weighted by Gasteiger charge is -2.31. The summed E-state index contributed by atoms with van der Waals surface area (Å²) >= 11 is 5.61. The molecule has 0 radical (unpaired) electrons. The molecule has 112 valence electrons. The first-order valence-electron chi connectivity index (χ1n) is 6.90. The zero-order valence-corrected chi connectivity index (χ0v) is 12.8. The predicted octanol–water partition coefficient (Wildman–Crippen LogP) is 1.26. The number of β-amino-alcohol motifs (C(OH)–C–C–N with tert-alkyl or cyclic N) is 1. The van der Waals surface area contributed by atoms with Gasteiger partial charge >= 0.3 is 0 Å². The van der Waals surface area contributed by atoms with Gasteiger partial charge in [-0.2, -0.15) is 0 Å². The van der Waals surface area contributed by atoms with Crippen molar-refractivity contribution in [2.45, 2.75) is 39.2 Å². The molecule has 0 saturated carbocycles. The van der Waals surface area contributed by atoms with Crippen molar-refractivity contribution >= 4 is 17.5 Å². The average Bonchev–Trinajstić information content (AvgIpc) is 2.92. The van der Waals surface area contributed by atoms with Crippen molar-refractivity contribution in [3.8, 4) is 0 Å². The largest absolute Gasteiger partial charge is 0.387 e. The summed E-state index contributed by atoms with van der Waals surface area (Å²) in [5.74, 6) is 0.852. The van der Waals surface area contributed by atoms with Crippen LogP contribution in [0.25, 0.3) is 0 Å². The number of aryl methyl sites for hydroxylation is 1. The highest BCUT2D eigenvalue weighted by atomic mass is 35.5. The van der Waals surface area contributed by atoms with E-state index in [2.05, 4.69) is 15.2 Å². The van der Waals surface area contributed by atoms with Gasteiger partial charge in [-0.05, 0) is 17.5 Å². The number of amides is 1. The normalized spacial score (nSPS) is 26.5. The van der Waals surface area contributed by atoms with Gasteiger partial charge in [-0.25, -0.2) is 4.98 Å². The second kappa shape index (κ2) is 5.69. The van der Waals surface area contributed by atoms with Crippen LogP contribution in [-0.2, 0) is 11.2 Å². The molecular formula is C13H21ClN4O2. The predicted molar refractivity (Wildman–Crippen MR) is 75.2 cm³/mol. The maximum Gasteiger partial charge on any atom is 0.242 e. The fourth-order valence-electron chi connectivity index (χ4n) is 2.72. The van der Waals surface area contributed by atoms with Gasteiger partial charge in [0.15, 0.2) is 0 Å². The summed E-state index contributed by atoms with van der Waals surface area (Å²) in [4.78, 5) is 17.9. The number of likely N-dealkylation sites (tertiary alicyclic amines) is 1. The van der Waals surface area contributed by atoms with E-state index in [4.69, 9.17) is 11.6 Å². The van der Waals surface area contributed by atoms with Crippen LogP contribution in [0.3, 0.4) is 0 Å². The SMILES string of the molecule is CC(C)[C@@]1(O)CN(C(=O)CCc2nc(Cl)n[nH]2)C[C@@H]1C. The Bertz CT molecular complexity index is 490. The number of aromatic amines is 1. The molecule has 20 heavy (non-hydrogen) atoms. The Hall–Kier alpha value is -1.14. The van der Waals surface area contributed by atoms with Crippen LogP contribution in [0.4, 0.5) is 0 Å². The average molecular weight is 301 g/mol. The van der Waals surface area contributed by atoms with E-state index >= 15 is 0 Å². The number of nitrogens with zero attached hydrogens (tertiary/aromatic N) is 3. The number of hydrogen-bond donors (Lipinski definition) is 2. The summed E-state index contributed by atoms with van der Waals surface area (Å²) in [6.07, 6.45) is 0.815. The van der Waals surface area contributed by atoms with Crippen molar-refractivity contribution in [2.75, 3.05) is 13.1 Å². The molecule has 1 aliphatic rings. The van der Waals surface area contributed by atoms with Crippen LogP contribution in [0, 0.1) is 11.8 Å². The summed E-state index contributed by atoms with van der Waals surface area (Å²) in [5, 5.41) is 17.2. The smallest absolute Gasteiger partial charge is 0.242 e. The molecule has 2 rings (SSSR count). The van der Waals surface area contributed by atoms with E-state index in [9.17, 15) is 9.90 Å². The van der Waals surface area contributed by atoms with Gasteiger partial charge in [-0.15, -0.1) is 5.10 Å². The van der Waals surface area contributed by atoms with Crippen molar-refractivity contribution in [3.05, 3.63) is 11.1 Å². The topological polar surface area (TPSA) is 82.1 Å². The van der Waals surface area contributed by atoms with E-state index in [0.717, 1.165) is 0 Å². The van der Waals surface area contributed by atoms with Gasteiger partial charge in [-0.1, -0.05) is 20.8 Å². The molecule has 1 aromatic rings. The Labute approximate surface area is 123 Å². The lowest BCUT2D eigenvalue weighted by molar-refractivity contribution is -0.131. The zero-order valence-electron chi connectivity index (χ0n) is 12.1. The third-order valence-corrected chi connectivity index (χ3v) is 4.39. The molecule has 1 amide bonds. The molecule has 1 fully saturated rings. The van der Waals surface area contributed by atoms with Crippen molar-refractivity contribution in [1.29, 1.82) is 0 Å². The minimum Gasteiger partial charge on any atom is -0.387 e. The molecular weight excluding hydrogens is 280 g/mol. The maximum absolute atomic E-state index is 12.2. The summed E-state index contributed by atoms with van der Waals surface area (Å²) in [5.41, 5.74) is -0.787. The molecule has 0 spiro atoms. The van der Waals surface area contributed by atoms with E-state index in [1.54, 1.807) is 4.90 Å². The molecule has 1 aliphatic heterocycles. The van der Waals surface area contributed by atoms with Crippen molar-refractivity contribution in [1.82, 2.24) is 20.1 Å². The number of rotatable bonds is 4. The molecule has 7 heteroatoms. The summed E-state index contributed by atoms with van der Waals surface area (Å²) in [6.45, 7) is 6.97. The van der Waals surface area contributed by atoms with Gasteiger partial charge in [-0.3, -0.25) is 9.89 Å². The second-order valence-corrected chi connectivity index (χ2v) is 6.21. The quantitative estimate of drug-likeness (QED) is 0.877. The maximum atomic E-state index is 12.2. The number of carbonyl (C=O) groups excluding carboxylic acids is 1. The summed E-state index contributed by atoms with van der Waals surface area (Å²) < 4.78 is 0. The number of carbonyl (C=O) groups is 1. The van der Waals surface area contributed by atoms with Gasteiger partial charge in [0.05, 0.1) is 5.60 Å². The first kappa shape index (κ1) is 15.3. The molecule has 2 N–H and O–H groups in total. The molecule has 2 heterocycles. The number of hydrogen-bond acceptors (Lipinski definition) is 4. The number of aliphatic hydroxyl groups is 1. The van der Waals surface area contributed by atoms with Crippen LogP contribution in [0.2, 0.25) is 5.28 Å². The summed E-state index contributed by atoms with van der Waals surface area (Å²) in [7, 11) is 0. The summed E-state index contributed by atoms with van der Waals surface area (Å²) in [6, 6.07) is 0. The van der Waals surface area contributed by atoms with Crippen molar-refractivity contribution in [2.24, 2.45) is 11.8 Å². The van der Waals surface area contributed by atoms with Crippen LogP contribution in [0.15, 0.2) is 0 Å². The highest BCUT2D eigenvalue weighted by Crippen LogP contribution is 2.34. The molecule has 0 bridgehead atoms. The van der Waals surface area contributed by atoms with Crippen LogP contribution in [0.5, 0.6) is 0 Å². The second-order valence-electron chi connectivity index (χ2n) is 5.87. The number of H-pyrrole nitrogens is 1. The molecule has 1 aromatic heterocycles. The van der Waals surface area contributed by atoms with Crippen LogP contribution >= 0.6 is 11.6 Å². The van der Waals surface area contributed by atoms with Gasteiger partial charge in [0.2, 0.25) is 11.2 Å². The fourth-order valence-corrected chi connectivity index (χ4v) is 2.87. The highest BCUT2D eigenvalue weighted by molar-refractivity contribution is 6.28. The monoisotopic (exact) mass is 300 g/mol. The third-order valence-electron chi connectivity index (χ3n) is 4.22. The van der Waals surface area contributed by atoms with E-state index in [-0.39, 0.29) is 23.0 Å². The van der Waals surface area contributed by atoms with Crippen molar-refractivity contribution in [3.63, 3.8) is 0 Å². The molecule has 0 unspecified atom stereocenters. The lowest BCUT2D eigenvalue weighted by Crippen LogP contribution is -2.43. The highest BCUT2D eigenvalue weighted by Gasteiger charge is 2.46. The molecule has 0 aliphatic carbocycles. The Balaban J connectivity index is 1.91. The Morgan fingerprint density at radius 3 is 2.85 bits per heavy atom. The van der Waals surface area contributed by atoms with Crippen molar-refractivity contribution < 1.29 is 9.90 Å². The molecule has 2 atom stereocenters. The first-order chi connectivity index (χ1) is 9.33. The molecule has 6 nitrogen and oxygen atoms in total. The Morgan fingerprint density at radius 2 is 2.35 bits per heavy atom. The van der Waals surface area contributed by atoms with Gasteiger partial charge in [0.25, 0.3) is 0 Å². The van der Waals surface area contributed by atoms with Gasteiger partial charge in [0.1, 0.15) is 5.82 Å². The minimum atomic E-state index is -0.787. The van der Waals surface area contributed by atoms with Crippen LogP contribution < -0.4 is 0 Å². The number of aromatic nitrogens is 3. The minimum absolute atomic E-state index is 0.0287. The van der Waals surface area contributed by atoms with Crippen LogP contribution in [0.1, 0.15) is 33.0 Å². The Morgan fingerprint density at radius 1 is 1.65 bits per heavy atom. The van der Waals surface area contributed by atoms with E-state index in [1.165, 1.54) is 0 Å².